The van der Waals surface area contributed by atoms with Crippen molar-refractivity contribution < 1.29 is 9.90 Å². The van der Waals surface area contributed by atoms with Gasteiger partial charge in [-0.1, -0.05) is 13.8 Å². The van der Waals surface area contributed by atoms with E-state index in [1.165, 1.54) is 4.52 Å². The molecule has 108 valence electrons. The molecule has 0 bridgehead atoms. The standard InChI is InChI=1S/C14H19N3O3/c1-4-9(5-2)11-7-12-15-8(3)10(6-13(18)19)14(20)17(12)16-11/h7,9,16H,4-6H2,1-3H3,(H,18,19). The highest BCUT2D eigenvalue weighted by atomic mass is 16.4. The molecule has 0 saturated carbocycles. The Hall–Kier alpha value is -2.11. The van der Waals surface area contributed by atoms with Gasteiger partial charge in [-0.15, -0.1) is 0 Å². The molecule has 2 aromatic heterocycles. The third kappa shape index (κ3) is 2.45. The summed E-state index contributed by atoms with van der Waals surface area (Å²) in [5.41, 5.74) is 1.89. The van der Waals surface area contributed by atoms with Gasteiger partial charge in [-0.2, -0.15) is 0 Å². The van der Waals surface area contributed by atoms with Crippen molar-refractivity contribution >= 4 is 11.6 Å². The van der Waals surface area contributed by atoms with E-state index in [0.29, 0.717) is 17.3 Å². The lowest BCUT2D eigenvalue weighted by atomic mass is 10.00. The number of hydrogen-bond donors (Lipinski definition) is 2. The van der Waals surface area contributed by atoms with Crippen molar-refractivity contribution in [3.8, 4) is 0 Å². The van der Waals surface area contributed by atoms with Crippen molar-refractivity contribution in [2.24, 2.45) is 0 Å². The molecule has 20 heavy (non-hydrogen) atoms. The van der Waals surface area contributed by atoms with Crippen LogP contribution in [0.25, 0.3) is 5.65 Å². The molecule has 0 unspecified atom stereocenters. The van der Waals surface area contributed by atoms with Gasteiger partial charge in [0.15, 0.2) is 5.65 Å². The smallest absolute Gasteiger partial charge is 0.308 e. The van der Waals surface area contributed by atoms with Gasteiger partial charge in [-0.25, -0.2) is 9.50 Å². The van der Waals surface area contributed by atoms with E-state index in [9.17, 15) is 9.59 Å². The predicted octanol–water partition coefficient (Wildman–Crippen LogP) is 1.86. The van der Waals surface area contributed by atoms with E-state index in [2.05, 4.69) is 23.9 Å². The number of aromatic amines is 1. The molecule has 0 radical (unpaired) electrons. The van der Waals surface area contributed by atoms with Crippen molar-refractivity contribution in [2.75, 3.05) is 0 Å². The number of carboxylic acid groups (broad SMARTS) is 1. The van der Waals surface area contributed by atoms with Crippen molar-refractivity contribution in [1.82, 2.24) is 14.6 Å². The molecule has 2 N–H and O–H groups in total. The number of aryl methyl sites for hydroxylation is 1. The Balaban J connectivity index is 2.61. The number of rotatable bonds is 5. The summed E-state index contributed by atoms with van der Waals surface area (Å²) in [6, 6.07) is 1.87. The molecule has 0 fully saturated rings. The minimum absolute atomic E-state index is 0.230. The molecule has 2 aromatic rings. The van der Waals surface area contributed by atoms with E-state index < -0.39 is 5.97 Å². The van der Waals surface area contributed by atoms with Gasteiger partial charge < -0.3 is 5.11 Å². The van der Waals surface area contributed by atoms with Crippen LogP contribution in [-0.2, 0) is 11.2 Å². The second-order valence-electron chi connectivity index (χ2n) is 4.97. The number of aromatic nitrogens is 3. The molecular formula is C14H19N3O3. The van der Waals surface area contributed by atoms with Crippen LogP contribution in [0.15, 0.2) is 10.9 Å². The lowest BCUT2D eigenvalue weighted by Crippen LogP contribution is -2.24. The summed E-state index contributed by atoms with van der Waals surface area (Å²) >= 11 is 0. The fourth-order valence-corrected chi connectivity index (χ4v) is 2.48. The molecule has 2 heterocycles. The van der Waals surface area contributed by atoms with E-state index in [1.54, 1.807) is 6.92 Å². The van der Waals surface area contributed by atoms with Crippen molar-refractivity contribution in [2.45, 2.75) is 46.0 Å². The first kappa shape index (κ1) is 14.3. The van der Waals surface area contributed by atoms with Gasteiger partial charge in [-0.3, -0.25) is 14.7 Å². The summed E-state index contributed by atoms with van der Waals surface area (Å²) in [4.78, 5) is 27.5. The van der Waals surface area contributed by atoms with Gasteiger partial charge in [-0.05, 0) is 19.8 Å². The summed E-state index contributed by atoms with van der Waals surface area (Å²) in [6.45, 7) is 5.86. The Morgan fingerprint density at radius 2 is 2.10 bits per heavy atom. The largest absolute Gasteiger partial charge is 0.481 e. The molecule has 0 saturated heterocycles. The quantitative estimate of drug-likeness (QED) is 0.873. The van der Waals surface area contributed by atoms with Gasteiger partial charge in [0, 0.05) is 23.4 Å². The summed E-state index contributed by atoms with van der Waals surface area (Å²) in [7, 11) is 0. The molecule has 0 atom stereocenters. The lowest BCUT2D eigenvalue weighted by Gasteiger charge is -2.08. The van der Waals surface area contributed by atoms with Gasteiger partial charge in [0.05, 0.1) is 12.0 Å². The first-order valence-electron chi connectivity index (χ1n) is 6.80. The van der Waals surface area contributed by atoms with Gasteiger partial charge in [0.2, 0.25) is 0 Å². The molecule has 6 nitrogen and oxygen atoms in total. The SMILES string of the molecule is CCC(CC)c1cc2nc(C)c(CC(=O)O)c(=O)n2[nH]1. The Kier molecular flexibility index (Phi) is 3.92. The molecule has 0 aromatic carbocycles. The zero-order valence-electron chi connectivity index (χ0n) is 11.9. The van der Waals surface area contributed by atoms with Crippen LogP contribution in [0, 0.1) is 6.92 Å². The first-order chi connectivity index (χ1) is 9.47. The third-order valence-electron chi connectivity index (χ3n) is 3.69. The van der Waals surface area contributed by atoms with Crippen LogP contribution in [0.5, 0.6) is 0 Å². The minimum Gasteiger partial charge on any atom is -0.481 e. The Bertz CT molecular complexity index is 695. The fourth-order valence-electron chi connectivity index (χ4n) is 2.48. The minimum atomic E-state index is -1.03. The third-order valence-corrected chi connectivity index (χ3v) is 3.69. The van der Waals surface area contributed by atoms with Crippen LogP contribution >= 0.6 is 0 Å². The van der Waals surface area contributed by atoms with Crippen LogP contribution < -0.4 is 5.56 Å². The Morgan fingerprint density at radius 1 is 1.45 bits per heavy atom. The second kappa shape index (κ2) is 5.48. The van der Waals surface area contributed by atoms with Gasteiger partial charge in [0.1, 0.15) is 0 Å². The van der Waals surface area contributed by atoms with Crippen LogP contribution in [0.2, 0.25) is 0 Å². The highest BCUT2D eigenvalue weighted by molar-refractivity contribution is 5.70. The van der Waals surface area contributed by atoms with E-state index in [0.717, 1.165) is 18.5 Å². The number of carbonyl (C=O) groups is 1. The number of hydrogen-bond acceptors (Lipinski definition) is 3. The monoisotopic (exact) mass is 277 g/mol. The molecule has 0 aliphatic heterocycles. The maximum Gasteiger partial charge on any atom is 0.308 e. The van der Waals surface area contributed by atoms with E-state index >= 15 is 0 Å². The molecule has 2 rings (SSSR count). The summed E-state index contributed by atoms with van der Waals surface area (Å²) in [5.74, 6) is -0.682. The topological polar surface area (TPSA) is 87.5 Å². The summed E-state index contributed by atoms with van der Waals surface area (Å²) < 4.78 is 1.35. The summed E-state index contributed by atoms with van der Waals surface area (Å²) in [6.07, 6.45) is 1.64. The van der Waals surface area contributed by atoms with Crippen molar-refractivity contribution in [3.05, 3.63) is 33.4 Å². The van der Waals surface area contributed by atoms with Gasteiger partial charge in [0.25, 0.3) is 5.56 Å². The number of nitrogens with zero attached hydrogens (tertiary/aromatic N) is 2. The zero-order valence-corrected chi connectivity index (χ0v) is 11.9. The maximum atomic E-state index is 12.3. The van der Waals surface area contributed by atoms with E-state index in [4.69, 9.17) is 5.11 Å². The average Bonchev–Trinajstić information content (AvgIpc) is 2.79. The first-order valence-corrected chi connectivity index (χ1v) is 6.80. The number of H-pyrrole nitrogens is 1. The van der Waals surface area contributed by atoms with Crippen molar-refractivity contribution in [1.29, 1.82) is 0 Å². The average molecular weight is 277 g/mol. The van der Waals surface area contributed by atoms with E-state index in [-0.39, 0.29) is 17.5 Å². The highest BCUT2D eigenvalue weighted by Gasteiger charge is 2.16. The van der Waals surface area contributed by atoms with Crippen LogP contribution in [0.3, 0.4) is 0 Å². The number of aliphatic carboxylic acids is 1. The molecule has 6 heteroatoms. The molecule has 0 aliphatic carbocycles. The zero-order chi connectivity index (χ0) is 14.9. The highest BCUT2D eigenvalue weighted by Crippen LogP contribution is 2.22. The lowest BCUT2D eigenvalue weighted by molar-refractivity contribution is -0.136. The van der Waals surface area contributed by atoms with Crippen molar-refractivity contribution in [3.63, 3.8) is 0 Å². The molecule has 0 aliphatic rings. The van der Waals surface area contributed by atoms with Crippen LogP contribution in [-0.4, -0.2) is 25.7 Å². The Morgan fingerprint density at radius 3 is 2.65 bits per heavy atom. The number of carboxylic acids is 1. The van der Waals surface area contributed by atoms with Gasteiger partial charge >= 0.3 is 5.97 Å². The number of fused-ring (bicyclic) bond motifs is 1. The van der Waals surface area contributed by atoms with E-state index in [1.807, 2.05) is 6.07 Å². The predicted molar refractivity (Wildman–Crippen MR) is 75.2 cm³/mol. The molecule has 0 spiro atoms. The normalized spacial score (nSPS) is 11.4. The Labute approximate surface area is 116 Å². The number of nitrogens with one attached hydrogen (secondary N) is 1. The molecule has 0 amide bonds. The second-order valence-corrected chi connectivity index (χ2v) is 4.97. The summed E-state index contributed by atoms with van der Waals surface area (Å²) in [5, 5.41) is 11.9. The van der Waals surface area contributed by atoms with Crippen LogP contribution in [0.4, 0.5) is 0 Å². The fraction of sp³-hybridized carbons (Fsp3) is 0.500. The van der Waals surface area contributed by atoms with Crippen LogP contribution in [0.1, 0.15) is 49.6 Å². The molecular weight excluding hydrogens is 258 g/mol. The maximum absolute atomic E-state index is 12.3.